The lowest BCUT2D eigenvalue weighted by Crippen LogP contribution is -2.56. The largest absolute Gasteiger partial charge is 0.478 e. The molecule has 2 saturated heterocycles. The van der Waals surface area contributed by atoms with Gasteiger partial charge in [0.25, 0.3) is 0 Å². The Morgan fingerprint density at radius 1 is 1.10 bits per heavy atom. The molecule has 41 heavy (non-hydrogen) atoms. The fourth-order valence-corrected chi connectivity index (χ4v) is 6.38. The van der Waals surface area contributed by atoms with Crippen molar-refractivity contribution in [2.24, 2.45) is 17.8 Å². The number of nitrogens with one attached hydrogen (secondary N) is 1. The number of aromatic carboxylic acids is 1. The first-order valence-electron chi connectivity index (χ1n) is 13.9. The van der Waals surface area contributed by atoms with Crippen LogP contribution in [0.4, 0.5) is 0 Å². The summed E-state index contributed by atoms with van der Waals surface area (Å²) in [5.41, 5.74) is 2.22. The number of ketones is 1. The first-order chi connectivity index (χ1) is 19.8. The van der Waals surface area contributed by atoms with Crippen LogP contribution in [-0.4, -0.2) is 73.5 Å². The number of carbonyl (C=O) groups excluding carboxylic acids is 2. The van der Waals surface area contributed by atoms with Crippen LogP contribution < -0.4 is 5.32 Å². The van der Waals surface area contributed by atoms with Crippen LogP contribution in [0.15, 0.2) is 54.9 Å². The second-order valence-corrected chi connectivity index (χ2v) is 11.4. The van der Waals surface area contributed by atoms with E-state index in [0.717, 1.165) is 37.9 Å². The van der Waals surface area contributed by atoms with E-state index in [9.17, 15) is 19.5 Å². The summed E-state index contributed by atoms with van der Waals surface area (Å²) in [6.07, 6.45) is 7.77. The van der Waals surface area contributed by atoms with Crippen molar-refractivity contribution in [3.8, 4) is 5.69 Å². The Balaban J connectivity index is 1.41. The minimum absolute atomic E-state index is 0.0188. The van der Waals surface area contributed by atoms with Gasteiger partial charge in [0.05, 0.1) is 17.3 Å². The van der Waals surface area contributed by atoms with Crippen LogP contribution in [0.25, 0.3) is 11.8 Å². The van der Waals surface area contributed by atoms with Crippen LogP contribution in [0, 0.1) is 17.8 Å². The number of benzene rings is 2. The lowest BCUT2D eigenvalue weighted by atomic mass is 9.73. The van der Waals surface area contributed by atoms with Crippen LogP contribution in [0.3, 0.4) is 0 Å². The van der Waals surface area contributed by atoms with Gasteiger partial charge in [0.2, 0.25) is 5.91 Å². The zero-order chi connectivity index (χ0) is 28.9. The molecule has 10 nitrogen and oxygen atoms in total. The molecule has 2 aliphatic heterocycles. The van der Waals surface area contributed by atoms with Crippen molar-refractivity contribution < 1.29 is 19.5 Å². The number of hydrogen-bond donors (Lipinski definition) is 2. The summed E-state index contributed by atoms with van der Waals surface area (Å²) in [5, 5.41) is 24.5. The highest BCUT2D eigenvalue weighted by atomic mass is 35.5. The molecule has 2 fully saturated rings. The van der Waals surface area contributed by atoms with Crippen molar-refractivity contribution in [2.75, 3.05) is 19.6 Å². The van der Waals surface area contributed by atoms with E-state index < -0.39 is 12.0 Å². The van der Waals surface area contributed by atoms with Gasteiger partial charge in [-0.1, -0.05) is 30.7 Å². The quantitative estimate of drug-likeness (QED) is 0.388. The van der Waals surface area contributed by atoms with Crippen molar-refractivity contribution >= 4 is 35.3 Å². The second-order valence-electron chi connectivity index (χ2n) is 10.9. The van der Waals surface area contributed by atoms with E-state index in [1.165, 1.54) is 29.2 Å². The molecule has 0 unspecified atom stereocenters. The molecular formula is C30H33ClN6O4. The SMILES string of the molecule is C[C@@H]1C[C@H](C2CCNCC2)CN(C(=O)/C=C/c2cc(Cl)ccc2-n2cnnn2)[C@@H]1C(=O)Cc1ccc(C(=O)O)cc1. The Labute approximate surface area is 243 Å². The van der Waals surface area contributed by atoms with E-state index in [0.29, 0.717) is 34.7 Å². The maximum Gasteiger partial charge on any atom is 0.335 e. The molecule has 0 saturated carbocycles. The van der Waals surface area contributed by atoms with Crippen molar-refractivity contribution in [3.05, 3.63) is 76.6 Å². The zero-order valence-corrected chi connectivity index (χ0v) is 23.6. The molecule has 214 valence electrons. The minimum Gasteiger partial charge on any atom is -0.478 e. The number of aromatic nitrogens is 4. The van der Waals surface area contributed by atoms with Gasteiger partial charge in [0.15, 0.2) is 5.78 Å². The monoisotopic (exact) mass is 576 g/mol. The maximum atomic E-state index is 13.8. The Kier molecular flexibility index (Phi) is 8.90. The third kappa shape index (κ3) is 6.71. The molecule has 1 amide bonds. The third-order valence-corrected chi connectivity index (χ3v) is 8.45. The third-order valence-electron chi connectivity index (χ3n) is 8.21. The molecule has 2 N–H and O–H groups in total. The number of halogens is 1. The smallest absolute Gasteiger partial charge is 0.335 e. The Morgan fingerprint density at radius 2 is 1.85 bits per heavy atom. The van der Waals surface area contributed by atoms with E-state index in [1.807, 2.05) is 0 Å². The van der Waals surface area contributed by atoms with Crippen LogP contribution in [0.2, 0.25) is 5.02 Å². The van der Waals surface area contributed by atoms with Crippen molar-refractivity contribution in [2.45, 2.75) is 38.6 Å². The molecular weight excluding hydrogens is 544 g/mol. The first-order valence-corrected chi connectivity index (χ1v) is 14.2. The summed E-state index contributed by atoms with van der Waals surface area (Å²) in [5.74, 6) is -0.516. The minimum atomic E-state index is -1.01. The fraction of sp³-hybridized carbons (Fsp3) is 0.400. The molecule has 0 bridgehead atoms. The summed E-state index contributed by atoms with van der Waals surface area (Å²) in [4.78, 5) is 40.6. The number of carbonyl (C=O) groups is 3. The van der Waals surface area contributed by atoms with Gasteiger partial charge in [-0.15, -0.1) is 5.10 Å². The van der Waals surface area contributed by atoms with E-state index in [-0.39, 0.29) is 29.6 Å². The topological polar surface area (TPSA) is 130 Å². The molecule has 3 atom stereocenters. The summed E-state index contributed by atoms with van der Waals surface area (Å²) < 4.78 is 1.50. The highest BCUT2D eigenvalue weighted by Gasteiger charge is 2.42. The number of carboxylic acids is 1. The van der Waals surface area contributed by atoms with Gasteiger partial charge < -0.3 is 15.3 Å². The van der Waals surface area contributed by atoms with Crippen LogP contribution in [0.5, 0.6) is 0 Å². The average molecular weight is 577 g/mol. The van der Waals surface area contributed by atoms with Gasteiger partial charge >= 0.3 is 5.97 Å². The van der Waals surface area contributed by atoms with Crippen molar-refractivity contribution in [3.63, 3.8) is 0 Å². The van der Waals surface area contributed by atoms with Crippen LogP contribution in [-0.2, 0) is 16.0 Å². The Morgan fingerprint density at radius 3 is 2.54 bits per heavy atom. The summed E-state index contributed by atoms with van der Waals surface area (Å²) in [7, 11) is 0. The van der Waals surface area contributed by atoms with Gasteiger partial charge in [-0.05, 0) is 103 Å². The molecule has 0 radical (unpaired) electrons. The predicted molar refractivity (Wildman–Crippen MR) is 154 cm³/mol. The van der Waals surface area contributed by atoms with E-state index in [2.05, 4.69) is 27.8 Å². The second kappa shape index (κ2) is 12.7. The number of rotatable bonds is 8. The first kappa shape index (κ1) is 28.6. The number of piperidine rings is 2. The standard InChI is InChI=1S/C30H33ClN6O4/c1-19-14-24(21-10-12-32-13-11-21)17-36(29(19)27(38)15-20-2-4-22(5-3-20)30(40)41)28(39)9-6-23-16-25(31)7-8-26(23)37-18-33-34-35-37/h2-9,16,18-19,21,24,29,32H,10-15,17H2,1H3,(H,40,41)/b9-6+/t19-,24+,29+/m1/s1. The van der Waals surface area contributed by atoms with E-state index in [1.54, 1.807) is 41.3 Å². The molecule has 5 rings (SSSR count). The lowest BCUT2D eigenvalue weighted by molar-refractivity contribution is -0.142. The normalized spacial score (nSPS) is 21.7. The van der Waals surface area contributed by atoms with Gasteiger partial charge in [-0.25, -0.2) is 4.79 Å². The molecule has 2 aliphatic rings. The van der Waals surface area contributed by atoms with Gasteiger partial charge in [-0.2, -0.15) is 4.68 Å². The number of likely N-dealkylation sites (tertiary alicyclic amines) is 1. The molecule has 11 heteroatoms. The predicted octanol–water partition coefficient (Wildman–Crippen LogP) is 3.69. The van der Waals surface area contributed by atoms with Gasteiger partial charge in [0.1, 0.15) is 6.33 Å². The molecule has 2 aromatic carbocycles. The highest BCUT2D eigenvalue weighted by molar-refractivity contribution is 6.30. The number of nitrogens with zero attached hydrogens (tertiary/aromatic N) is 5. The highest BCUT2D eigenvalue weighted by Crippen LogP contribution is 2.36. The average Bonchev–Trinajstić information content (AvgIpc) is 3.51. The summed E-state index contributed by atoms with van der Waals surface area (Å²) >= 11 is 6.26. The lowest BCUT2D eigenvalue weighted by Gasteiger charge is -2.45. The van der Waals surface area contributed by atoms with Crippen LogP contribution >= 0.6 is 11.6 Å². The van der Waals surface area contributed by atoms with Crippen molar-refractivity contribution in [1.29, 1.82) is 0 Å². The number of tetrazole rings is 1. The molecule has 0 spiro atoms. The maximum absolute atomic E-state index is 13.8. The molecule has 3 heterocycles. The molecule has 0 aliphatic carbocycles. The number of amides is 1. The van der Waals surface area contributed by atoms with Crippen LogP contribution in [0.1, 0.15) is 47.7 Å². The Hall–Kier alpha value is -3.89. The summed E-state index contributed by atoms with van der Waals surface area (Å²) in [6, 6.07) is 11.0. The number of Topliss-reactive ketones (excluding diaryl/α,β-unsaturated/α-hetero) is 1. The number of hydrogen-bond acceptors (Lipinski definition) is 7. The van der Waals surface area contributed by atoms with Gasteiger partial charge in [-0.3, -0.25) is 9.59 Å². The summed E-state index contributed by atoms with van der Waals surface area (Å²) in [6.45, 7) is 4.50. The van der Waals surface area contributed by atoms with E-state index in [4.69, 9.17) is 11.6 Å². The van der Waals surface area contributed by atoms with E-state index >= 15 is 0 Å². The zero-order valence-electron chi connectivity index (χ0n) is 22.8. The molecule has 1 aromatic heterocycles. The fourth-order valence-electron chi connectivity index (χ4n) is 6.20. The van der Waals surface area contributed by atoms with Crippen molar-refractivity contribution in [1.82, 2.24) is 30.4 Å². The number of carboxylic acid groups (broad SMARTS) is 1. The molecule has 3 aromatic rings. The Bertz CT molecular complexity index is 1420. The van der Waals surface area contributed by atoms with Gasteiger partial charge in [0, 0.05) is 29.6 Å².